The minimum absolute atomic E-state index is 0.113. The molecule has 0 saturated heterocycles. The van der Waals surface area contributed by atoms with Crippen molar-refractivity contribution >= 4 is 5.69 Å². The summed E-state index contributed by atoms with van der Waals surface area (Å²) < 4.78 is 13.5. The fourth-order valence-electron chi connectivity index (χ4n) is 2.88. The van der Waals surface area contributed by atoms with Gasteiger partial charge in [-0.1, -0.05) is 24.3 Å². The number of rotatable bonds is 9. The maximum Gasteiger partial charge on any atom is 0.123 e. The quantitative estimate of drug-likeness (QED) is 0.748. The van der Waals surface area contributed by atoms with Gasteiger partial charge >= 0.3 is 0 Å². The van der Waals surface area contributed by atoms with E-state index in [1.165, 1.54) is 11.6 Å². The lowest BCUT2D eigenvalue weighted by Crippen LogP contribution is -2.30. The van der Waals surface area contributed by atoms with Crippen molar-refractivity contribution in [1.29, 1.82) is 5.26 Å². The number of halogens is 1. The maximum atomic E-state index is 13.5. The number of nitrogens with zero attached hydrogens (tertiary/aromatic N) is 3. The molecule has 0 radical (unpaired) electrons. The lowest BCUT2D eigenvalue weighted by Gasteiger charge is -2.25. The fraction of sp³-hybridized carbons (Fsp3) is 0.381. The molecule has 1 atom stereocenters. The van der Waals surface area contributed by atoms with E-state index < -0.39 is 0 Å². The molecule has 0 aliphatic rings. The van der Waals surface area contributed by atoms with Gasteiger partial charge in [-0.05, 0) is 49.5 Å². The Morgan fingerprint density at radius 3 is 2.46 bits per heavy atom. The highest BCUT2D eigenvalue weighted by atomic mass is 19.1. The van der Waals surface area contributed by atoms with Gasteiger partial charge in [0.15, 0.2) is 0 Å². The van der Waals surface area contributed by atoms with E-state index in [-0.39, 0.29) is 11.9 Å². The number of hydrogen-bond acceptors (Lipinski definition) is 4. The van der Waals surface area contributed by atoms with Crippen molar-refractivity contribution in [2.24, 2.45) is 0 Å². The summed E-state index contributed by atoms with van der Waals surface area (Å²) in [7, 11) is 6.00. The van der Waals surface area contributed by atoms with E-state index in [1.807, 2.05) is 27.2 Å². The van der Waals surface area contributed by atoms with Crippen molar-refractivity contribution in [1.82, 2.24) is 10.2 Å². The molecule has 0 unspecified atom stereocenters. The normalized spacial score (nSPS) is 12.0. The number of likely N-dealkylation sites (N-methyl/N-ethyl adjacent to an activating group) is 1. The molecule has 2 aromatic rings. The molecule has 0 aromatic heterocycles. The van der Waals surface area contributed by atoms with E-state index in [1.54, 1.807) is 12.1 Å². The molecule has 0 bridgehead atoms. The summed E-state index contributed by atoms with van der Waals surface area (Å²) in [5.41, 5.74) is 3.27. The molecule has 0 saturated carbocycles. The molecule has 0 aliphatic carbocycles. The van der Waals surface area contributed by atoms with Crippen LogP contribution in [0.25, 0.3) is 0 Å². The first-order chi connectivity index (χ1) is 12.5. The second-order valence-electron chi connectivity index (χ2n) is 6.66. The highest BCUT2D eigenvalue weighted by molar-refractivity contribution is 5.46. The lowest BCUT2D eigenvalue weighted by atomic mass is 10.1. The molecule has 2 rings (SSSR count). The van der Waals surface area contributed by atoms with E-state index in [0.717, 1.165) is 30.9 Å². The molecule has 0 spiro atoms. The van der Waals surface area contributed by atoms with Crippen LogP contribution in [0, 0.1) is 17.1 Å². The van der Waals surface area contributed by atoms with Gasteiger partial charge < -0.3 is 15.1 Å². The third-order valence-corrected chi connectivity index (χ3v) is 4.46. The first kappa shape index (κ1) is 19.9. The number of hydrogen-bond donors (Lipinski definition) is 1. The molecule has 4 nitrogen and oxygen atoms in total. The summed E-state index contributed by atoms with van der Waals surface area (Å²) in [5, 5.41) is 12.1. The Bertz CT molecular complexity index is 722. The van der Waals surface area contributed by atoms with E-state index in [2.05, 4.69) is 45.5 Å². The Balaban J connectivity index is 1.90. The van der Waals surface area contributed by atoms with Gasteiger partial charge in [0.05, 0.1) is 12.5 Å². The Hall–Kier alpha value is -2.42. The van der Waals surface area contributed by atoms with Crippen LogP contribution in [0.5, 0.6) is 0 Å². The zero-order valence-electron chi connectivity index (χ0n) is 15.7. The van der Waals surface area contributed by atoms with E-state index >= 15 is 0 Å². The zero-order chi connectivity index (χ0) is 18.9. The number of anilines is 1. The van der Waals surface area contributed by atoms with Gasteiger partial charge in [-0.2, -0.15) is 5.26 Å². The molecular formula is C21H27FN4. The fourth-order valence-corrected chi connectivity index (χ4v) is 2.88. The van der Waals surface area contributed by atoms with Crippen molar-refractivity contribution < 1.29 is 4.39 Å². The topological polar surface area (TPSA) is 42.3 Å². The average molecular weight is 354 g/mol. The van der Waals surface area contributed by atoms with Crippen LogP contribution in [0.15, 0.2) is 48.5 Å². The van der Waals surface area contributed by atoms with Crippen LogP contribution >= 0.6 is 0 Å². The number of nitriles is 1. The molecular weight excluding hydrogens is 327 g/mol. The standard InChI is InChI=1S/C21H27FN4/c1-25(2)21(18-6-4-7-19(22)14-18)16-24-15-17-8-10-20(11-9-17)26(3)13-5-12-23/h4,6-11,14,21,24H,5,13,15-16H2,1-3H3/t21-/m0/s1. The van der Waals surface area contributed by atoms with Crippen molar-refractivity contribution in [2.45, 2.75) is 19.0 Å². The SMILES string of the molecule is CN(CCC#N)c1ccc(CNC[C@@H](c2cccc(F)c2)N(C)C)cc1. The molecule has 5 heteroatoms. The molecule has 26 heavy (non-hydrogen) atoms. The average Bonchev–Trinajstić information content (AvgIpc) is 2.63. The molecule has 2 aromatic carbocycles. The molecule has 0 heterocycles. The molecule has 0 amide bonds. The predicted molar refractivity (Wildman–Crippen MR) is 104 cm³/mol. The van der Waals surface area contributed by atoms with Crippen molar-refractivity contribution in [3.8, 4) is 6.07 Å². The van der Waals surface area contributed by atoms with E-state index in [9.17, 15) is 4.39 Å². The summed E-state index contributed by atoms with van der Waals surface area (Å²) in [6.07, 6.45) is 0.520. The van der Waals surface area contributed by atoms with Crippen molar-refractivity contribution in [3.63, 3.8) is 0 Å². The summed E-state index contributed by atoms with van der Waals surface area (Å²) in [4.78, 5) is 4.17. The van der Waals surface area contributed by atoms with E-state index in [4.69, 9.17) is 5.26 Å². The van der Waals surface area contributed by atoms with Gasteiger partial charge in [-0.3, -0.25) is 0 Å². The first-order valence-electron chi connectivity index (χ1n) is 8.81. The van der Waals surface area contributed by atoms with Gasteiger partial charge in [0.2, 0.25) is 0 Å². The monoisotopic (exact) mass is 354 g/mol. The van der Waals surface area contributed by atoms with Gasteiger partial charge in [0, 0.05) is 38.4 Å². The Kier molecular flexibility index (Phi) is 7.58. The second-order valence-corrected chi connectivity index (χ2v) is 6.66. The van der Waals surface area contributed by atoms with Crippen LogP contribution in [0.3, 0.4) is 0 Å². The van der Waals surface area contributed by atoms with E-state index in [0.29, 0.717) is 6.42 Å². The van der Waals surface area contributed by atoms with Crippen LogP contribution in [0.4, 0.5) is 10.1 Å². The Labute approximate surface area is 155 Å². The second kappa shape index (κ2) is 9.91. The van der Waals surface area contributed by atoms with Gasteiger partial charge in [-0.15, -0.1) is 0 Å². The molecule has 138 valence electrons. The minimum Gasteiger partial charge on any atom is -0.374 e. The largest absolute Gasteiger partial charge is 0.374 e. The first-order valence-corrected chi connectivity index (χ1v) is 8.81. The number of benzene rings is 2. The third-order valence-electron chi connectivity index (χ3n) is 4.46. The highest BCUT2D eigenvalue weighted by Crippen LogP contribution is 2.19. The molecule has 0 fully saturated rings. The van der Waals surface area contributed by atoms with Crippen LogP contribution in [-0.2, 0) is 6.54 Å². The number of nitrogens with one attached hydrogen (secondary N) is 1. The Morgan fingerprint density at radius 1 is 1.12 bits per heavy atom. The van der Waals surface area contributed by atoms with Crippen molar-refractivity contribution in [3.05, 3.63) is 65.5 Å². The van der Waals surface area contributed by atoms with Gasteiger partial charge in [-0.25, -0.2) is 4.39 Å². The predicted octanol–water partition coefficient (Wildman–Crippen LogP) is 3.57. The van der Waals surface area contributed by atoms with Crippen LogP contribution < -0.4 is 10.2 Å². The minimum atomic E-state index is -0.203. The maximum absolute atomic E-state index is 13.5. The van der Waals surface area contributed by atoms with Crippen LogP contribution in [0.1, 0.15) is 23.6 Å². The summed E-state index contributed by atoms with van der Waals surface area (Å²) >= 11 is 0. The summed E-state index contributed by atoms with van der Waals surface area (Å²) in [6, 6.07) is 17.4. The lowest BCUT2D eigenvalue weighted by molar-refractivity contribution is 0.287. The van der Waals surface area contributed by atoms with Gasteiger partial charge in [0.1, 0.15) is 5.82 Å². The summed E-state index contributed by atoms with van der Waals surface area (Å²) in [6.45, 7) is 2.22. The van der Waals surface area contributed by atoms with Gasteiger partial charge in [0.25, 0.3) is 0 Å². The third kappa shape index (κ3) is 5.83. The van der Waals surface area contributed by atoms with Crippen LogP contribution in [0.2, 0.25) is 0 Å². The smallest absolute Gasteiger partial charge is 0.123 e. The summed E-state index contributed by atoms with van der Waals surface area (Å²) in [5.74, 6) is -0.203. The van der Waals surface area contributed by atoms with Crippen molar-refractivity contribution in [2.75, 3.05) is 39.1 Å². The molecule has 1 N–H and O–H groups in total. The Morgan fingerprint density at radius 2 is 1.85 bits per heavy atom. The van der Waals surface area contributed by atoms with Crippen LogP contribution in [-0.4, -0.2) is 39.1 Å². The zero-order valence-corrected chi connectivity index (χ0v) is 15.7. The molecule has 0 aliphatic heterocycles. The highest BCUT2D eigenvalue weighted by Gasteiger charge is 2.14.